The van der Waals surface area contributed by atoms with Crippen LogP contribution in [0.3, 0.4) is 0 Å². The molecule has 0 fully saturated rings. The third-order valence-electron chi connectivity index (χ3n) is 6.25. The van der Waals surface area contributed by atoms with Crippen molar-refractivity contribution in [1.82, 2.24) is 0 Å². The molecule has 0 bridgehead atoms. The van der Waals surface area contributed by atoms with Crippen molar-refractivity contribution in [3.05, 3.63) is 83.9 Å². The number of hydrogen-bond acceptors (Lipinski definition) is 8. The summed E-state index contributed by atoms with van der Waals surface area (Å²) in [5.74, 6) is -1.04. The maximum absolute atomic E-state index is 12.5. The second kappa shape index (κ2) is 15.1. The highest BCUT2D eigenvalue weighted by Gasteiger charge is 2.25. The molecule has 8 nitrogen and oxygen atoms in total. The summed E-state index contributed by atoms with van der Waals surface area (Å²) in [6.07, 6.45) is 0.961. The molecule has 0 amide bonds. The molecule has 8 heteroatoms. The number of hydrogen-bond donors (Lipinski definition) is 0. The highest BCUT2D eigenvalue weighted by Crippen LogP contribution is 2.24. The first-order valence-corrected chi connectivity index (χ1v) is 13.2. The van der Waals surface area contributed by atoms with Crippen molar-refractivity contribution < 1.29 is 33.3 Å². The van der Waals surface area contributed by atoms with E-state index < -0.39 is 17.9 Å². The van der Waals surface area contributed by atoms with Crippen molar-refractivity contribution in [2.75, 3.05) is 19.8 Å². The summed E-state index contributed by atoms with van der Waals surface area (Å²) < 4.78 is 21.4. The smallest absolute Gasteiger partial charge is 0.343 e. The van der Waals surface area contributed by atoms with Crippen LogP contribution in [0.2, 0.25) is 0 Å². The number of rotatable bonds is 13. The van der Waals surface area contributed by atoms with Gasteiger partial charge in [-0.15, -0.1) is 0 Å². The molecule has 0 N–H and O–H groups in total. The molecule has 0 heterocycles. The molecule has 0 aliphatic heterocycles. The zero-order valence-corrected chi connectivity index (χ0v) is 22.9. The summed E-state index contributed by atoms with van der Waals surface area (Å²) in [5, 5.41) is 8.93. The van der Waals surface area contributed by atoms with Gasteiger partial charge < -0.3 is 18.9 Å². The fourth-order valence-electron chi connectivity index (χ4n) is 3.96. The summed E-state index contributed by atoms with van der Waals surface area (Å²) in [6.45, 7) is 5.87. The fourth-order valence-corrected chi connectivity index (χ4v) is 3.96. The molecule has 2 atom stereocenters. The van der Waals surface area contributed by atoms with Gasteiger partial charge in [-0.3, -0.25) is 9.59 Å². The van der Waals surface area contributed by atoms with Gasteiger partial charge in [-0.25, -0.2) is 4.79 Å². The Morgan fingerprint density at radius 1 is 0.775 bits per heavy atom. The van der Waals surface area contributed by atoms with E-state index in [0.717, 1.165) is 11.1 Å². The van der Waals surface area contributed by atoms with Gasteiger partial charge in [-0.1, -0.05) is 38.1 Å². The van der Waals surface area contributed by atoms with Crippen molar-refractivity contribution in [1.29, 1.82) is 5.26 Å². The molecule has 3 aromatic carbocycles. The van der Waals surface area contributed by atoms with Crippen molar-refractivity contribution in [2.24, 2.45) is 11.8 Å². The fraction of sp³-hybridized carbons (Fsp3) is 0.312. The molecule has 0 saturated heterocycles. The summed E-state index contributed by atoms with van der Waals surface area (Å²) in [7, 11) is 0. The molecule has 0 aromatic heterocycles. The van der Waals surface area contributed by atoms with Crippen molar-refractivity contribution in [3.8, 4) is 28.7 Å². The van der Waals surface area contributed by atoms with Gasteiger partial charge in [0.05, 0.1) is 35.6 Å². The van der Waals surface area contributed by atoms with Gasteiger partial charge in [-0.2, -0.15) is 5.26 Å². The predicted molar refractivity (Wildman–Crippen MR) is 149 cm³/mol. The van der Waals surface area contributed by atoms with Gasteiger partial charge in [0.1, 0.15) is 24.7 Å². The van der Waals surface area contributed by atoms with E-state index in [0.29, 0.717) is 42.1 Å². The number of nitriles is 1. The average Bonchev–Trinajstić information content (AvgIpc) is 2.98. The molecule has 3 rings (SSSR count). The SMILES string of the molecule is CCOC(=O)C(CC)CC(C)C(=O)OCCOc1ccc(C(=O)Oc2ccc(-c3ccc(C#N)cc3)cc2)cc1. The largest absolute Gasteiger partial charge is 0.490 e. The molecule has 0 saturated carbocycles. The lowest BCUT2D eigenvalue weighted by atomic mass is 9.94. The van der Waals surface area contributed by atoms with Gasteiger partial charge in [-0.05, 0) is 79.4 Å². The lowest BCUT2D eigenvalue weighted by Crippen LogP contribution is -2.25. The van der Waals surface area contributed by atoms with Gasteiger partial charge in [0.2, 0.25) is 0 Å². The molecule has 0 aliphatic rings. The number of nitrogens with zero attached hydrogens (tertiary/aromatic N) is 1. The van der Waals surface area contributed by atoms with E-state index in [1.54, 1.807) is 62.4 Å². The Morgan fingerprint density at radius 2 is 1.38 bits per heavy atom. The van der Waals surface area contributed by atoms with Crippen molar-refractivity contribution in [3.63, 3.8) is 0 Å². The van der Waals surface area contributed by atoms with Crippen LogP contribution in [0.5, 0.6) is 11.5 Å². The number of esters is 3. The Bertz CT molecular complexity index is 1310. The summed E-state index contributed by atoms with van der Waals surface area (Å²) in [5.41, 5.74) is 2.84. The maximum atomic E-state index is 12.5. The second-order valence-electron chi connectivity index (χ2n) is 9.14. The quantitative estimate of drug-likeness (QED) is 0.147. The van der Waals surface area contributed by atoms with Crippen molar-refractivity contribution >= 4 is 17.9 Å². The molecule has 0 aliphatic carbocycles. The number of carbonyl (C=O) groups excluding carboxylic acids is 3. The predicted octanol–water partition coefficient (Wildman–Crippen LogP) is 5.98. The molecular formula is C32H33NO7. The van der Waals surface area contributed by atoms with E-state index >= 15 is 0 Å². The molecule has 0 spiro atoms. The van der Waals surface area contributed by atoms with E-state index in [2.05, 4.69) is 6.07 Å². The first-order valence-electron chi connectivity index (χ1n) is 13.2. The highest BCUT2D eigenvalue weighted by molar-refractivity contribution is 5.91. The Labute approximate surface area is 234 Å². The van der Waals surface area contributed by atoms with Crippen LogP contribution in [0.4, 0.5) is 0 Å². The Hall–Kier alpha value is -4.64. The van der Waals surface area contributed by atoms with E-state index in [4.69, 9.17) is 24.2 Å². The van der Waals surface area contributed by atoms with Crippen LogP contribution in [0, 0.1) is 23.2 Å². The zero-order chi connectivity index (χ0) is 28.9. The second-order valence-corrected chi connectivity index (χ2v) is 9.14. The number of ether oxygens (including phenoxy) is 4. The van der Waals surface area contributed by atoms with Gasteiger partial charge >= 0.3 is 17.9 Å². The molecule has 40 heavy (non-hydrogen) atoms. The number of carbonyl (C=O) groups is 3. The first-order chi connectivity index (χ1) is 19.3. The van der Waals surface area contributed by atoms with Crippen LogP contribution in [0.25, 0.3) is 11.1 Å². The Kier molecular flexibility index (Phi) is 11.3. The monoisotopic (exact) mass is 543 g/mol. The zero-order valence-electron chi connectivity index (χ0n) is 22.9. The lowest BCUT2D eigenvalue weighted by molar-refractivity contribution is -0.152. The third kappa shape index (κ3) is 8.70. The van der Waals surface area contributed by atoms with Crippen LogP contribution in [0.15, 0.2) is 72.8 Å². The van der Waals surface area contributed by atoms with Gasteiger partial charge in [0, 0.05) is 0 Å². The summed E-state index contributed by atoms with van der Waals surface area (Å²) in [6, 6.07) is 22.9. The normalized spacial score (nSPS) is 11.9. The van der Waals surface area contributed by atoms with E-state index in [1.807, 2.05) is 31.2 Å². The third-order valence-corrected chi connectivity index (χ3v) is 6.25. The molecule has 208 valence electrons. The minimum absolute atomic E-state index is 0.0572. The lowest BCUT2D eigenvalue weighted by Gasteiger charge is -2.17. The highest BCUT2D eigenvalue weighted by atomic mass is 16.6. The van der Waals surface area contributed by atoms with Crippen LogP contribution in [-0.4, -0.2) is 37.7 Å². The molecule has 2 unspecified atom stereocenters. The van der Waals surface area contributed by atoms with Gasteiger partial charge in [0.15, 0.2) is 0 Å². The minimum atomic E-state index is -0.506. The standard InChI is InChI=1S/C32H33NO7/c1-4-24(31(35)37-5-2)20-22(3)30(34)39-19-18-38-28-14-12-27(13-15-28)32(36)40-29-16-10-26(11-17-29)25-8-6-23(21-33)7-9-25/h6-17,22,24H,4-5,18-20H2,1-3H3. The van der Waals surface area contributed by atoms with Crippen molar-refractivity contribution in [2.45, 2.75) is 33.6 Å². The van der Waals surface area contributed by atoms with Crippen LogP contribution >= 0.6 is 0 Å². The van der Waals surface area contributed by atoms with E-state index in [-0.39, 0.29) is 25.1 Å². The maximum Gasteiger partial charge on any atom is 0.343 e. The first kappa shape index (κ1) is 29.9. The van der Waals surface area contributed by atoms with Gasteiger partial charge in [0.25, 0.3) is 0 Å². The minimum Gasteiger partial charge on any atom is -0.490 e. The summed E-state index contributed by atoms with van der Waals surface area (Å²) in [4.78, 5) is 36.8. The van der Waals surface area contributed by atoms with Crippen LogP contribution < -0.4 is 9.47 Å². The molecule has 3 aromatic rings. The summed E-state index contributed by atoms with van der Waals surface area (Å²) >= 11 is 0. The van der Waals surface area contributed by atoms with Crippen LogP contribution in [0.1, 0.15) is 49.5 Å². The Morgan fingerprint density at radius 3 is 1.95 bits per heavy atom. The van der Waals surface area contributed by atoms with E-state index in [9.17, 15) is 14.4 Å². The molecule has 0 radical (unpaired) electrons. The van der Waals surface area contributed by atoms with E-state index in [1.165, 1.54) is 0 Å². The number of benzene rings is 3. The average molecular weight is 544 g/mol. The topological polar surface area (TPSA) is 112 Å². The van der Waals surface area contributed by atoms with Crippen LogP contribution in [-0.2, 0) is 19.1 Å². The Balaban J connectivity index is 1.42. The molecular weight excluding hydrogens is 510 g/mol.